The van der Waals surface area contributed by atoms with Crippen LogP contribution in [0, 0.1) is 0 Å². The smallest absolute Gasteiger partial charge is 0.407 e. The van der Waals surface area contributed by atoms with Crippen molar-refractivity contribution >= 4 is 18.0 Å². The quantitative estimate of drug-likeness (QED) is 0.385. The molecule has 0 saturated carbocycles. The fourth-order valence-corrected chi connectivity index (χ4v) is 4.44. The van der Waals surface area contributed by atoms with Gasteiger partial charge >= 0.3 is 12.1 Å². The molecule has 0 radical (unpaired) electrons. The van der Waals surface area contributed by atoms with Crippen molar-refractivity contribution in [3.63, 3.8) is 0 Å². The fraction of sp³-hybridized carbons (Fsp3) is 0.276. The number of aliphatic carboxylic acids is 1. The molecule has 192 valence electrons. The molecule has 3 aromatic rings. The van der Waals surface area contributed by atoms with E-state index < -0.39 is 36.2 Å². The van der Waals surface area contributed by atoms with Gasteiger partial charge in [0.05, 0.1) is 12.7 Å². The normalized spacial score (nSPS) is 14.5. The minimum Gasteiger partial charge on any atom is -0.480 e. The van der Waals surface area contributed by atoms with E-state index in [4.69, 9.17) is 9.47 Å². The highest BCUT2D eigenvalue weighted by atomic mass is 16.5. The lowest BCUT2D eigenvalue weighted by Crippen LogP contribution is -2.54. The Kier molecular flexibility index (Phi) is 8.20. The van der Waals surface area contributed by atoms with Crippen molar-refractivity contribution < 1.29 is 29.0 Å². The Morgan fingerprint density at radius 2 is 1.41 bits per heavy atom. The SMILES string of the molecule is C[C@@H](NC(=O)OCC1c2ccccc2-c2ccccc21)C(=O)N[C@H](C(=O)O)[C@@H](C)OCc1ccccc1. The van der Waals surface area contributed by atoms with Crippen LogP contribution in [0.1, 0.15) is 36.5 Å². The molecule has 3 N–H and O–H groups in total. The van der Waals surface area contributed by atoms with E-state index in [1.54, 1.807) is 6.92 Å². The zero-order chi connectivity index (χ0) is 26.4. The number of carbonyl (C=O) groups is 3. The first-order valence-corrected chi connectivity index (χ1v) is 12.2. The highest BCUT2D eigenvalue weighted by molar-refractivity contribution is 5.89. The Labute approximate surface area is 215 Å². The number of ether oxygens (including phenoxy) is 2. The van der Waals surface area contributed by atoms with Gasteiger partial charge in [0.15, 0.2) is 6.04 Å². The summed E-state index contributed by atoms with van der Waals surface area (Å²) in [7, 11) is 0. The number of carbonyl (C=O) groups excluding carboxylic acids is 2. The first-order valence-electron chi connectivity index (χ1n) is 12.2. The molecule has 2 amide bonds. The molecular weight excluding hydrogens is 472 g/mol. The van der Waals surface area contributed by atoms with Crippen LogP contribution in [0.25, 0.3) is 11.1 Å². The molecule has 0 heterocycles. The summed E-state index contributed by atoms with van der Waals surface area (Å²) in [5.74, 6) is -2.00. The third-order valence-electron chi connectivity index (χ3n) is 6.46. The molecule has 0 spiro atoms. The van der Waals surface area contributed by atoms with E-state index in [0.717, 1.165) is 27.8 Å². The van der Waals surface area contributed by atoms with Gasteiger partial charge in [-0.25, -0.2) is 9.59 Å². The Morgan fingerprint density at radius 3 is 2.00 bits per heavy atom. The summed E-state index contributed by atoms with van der Waals surface area (Å²) in [6.07, 6.45) is -1.56. The monoisotopic (exact) mass is 502 g/mol. The molecule has 4 rings (SSSR count). The maximum Gasteiger partial charge on any atom is 0.407 e. The van der Waals surface area contributed by atoms with Gasteiger partial charge < -0.3 is 25.2 Å². The average Bonchev–Trinajstić information content (AvgIpc) is 3.23. The number of carboxylic acids is 1. The molecule has 0 unspecified atom stereocenters. The Balaban J connectivity index is 1.30. The molecule has 0 bridgehead atoms. The van der Waals surface area contributed by atoms with Crippen molar-refractivity contribution in [1.82, 2.24) is 10.6 Å². The van der Waals surface area contributed by atoms with E-state index in [1.807, 2.05) is 78.9 Å². The topological polar surface area (TPSA) is 114 Å². The average molecular weight is 503 g/mol. The number of hydrogen-bond donors (Lipinski definition) is 3. The summed E-state index contributed by atoms with van der Waals surface area (Å²) in [6.45, 7) is 3.35. The van der Waals surface area contributed by atoms with Gasteiger partial charge in [-0.05, 0) is 41.7 Å². The zero-order valence-electron chi connectivity index (χ0n) is 20.7. The number of carboxylic acid groups (broad SMARTS) is 1. The summed E-state index contributed by atoms with van der Waals surface area (Å²) in [5, 5.41) is 14.5. The first kappa shape index (κ1) is 25.9. The predicted octanol–water partition coefficient (Wildman–Crippen LogP) is 4.09. The molecule has 8 nitrogen and oxygen atoms in total. The summed E-state index contributed by atoms with van der Waals surface area (Å²) in [6, 6.07) is 23.0. The van der Waals surface area contributed by atoms with E-state index in [2.05, 4.69) is 10.6 Å². The number of hydrogen-bond acceptors (Lipinski definition) is 5. The van der Waals surface area contributed by atoms with Crippen LogP contribution in [-0.4, -0.2) is 47.9 Å². The van der Waals surface area contributed by atoms with Gasteiger partial charge in [-0.15, -0.1) is 0 Å². The standard InChI is InChI=1S/C29H30N2O6/c1-18(27(32)31-26(28(33)34)19(2)36-16-20-10-4-3-5-11-20)30-29(35)37-17-25-23-14-8-6-12-21(23)22-13-7-9-15-24(22)25/h3-15,18-19,25-26H,16-17H2,1-2H3,(H,30,35)(H,31,32)(H,33,34)/t18-,19-,26+/m1/s1. The number of rotatable bonds is 10. The Morgan fingerprint density at radius 1 is 0.838 bits per heavy atom. The van der Waals surface area contributed by atoms with Crippen LogP contribution in [0.3, 0.4) is 0 Å². The van der Waals surface area contributed by atoms with Crippen LogP contribution in [0.2, 0.25) is 0 Å². The van der Waals surface area contributed by atoms with Crippen LogP contribution in [0.15, 0.2) is 78.9 Å². The molecule has 0 saturated heterocycles. The van der Waals surface area contributed by atoms with Crippen LogP contribution in [0.4, 0.5) is 4.79 Å². The van der Waals surface area contributed by atoms with E-state index in [1.165, 1.54) is 6.92 Å². The van der Waals surface area contributed by atoms with Crippen molar-refractivity contribution in [1.29, 1.82) is 0 Å². The molecule has 37 heavy (non-hydrogen) atoms. The van der Waals surface area contributed by atoms with Crippen molar-refractivity contribution in [2.45, 2.75) is 44.6 Å². The van der Waals surface area contributed by atoms with E-state index in [0.29, 0.717) is 0 Å². The summed E-state index contributed by atoms with van der Waals surface area (Å²) < 4.78 is 11.1. The van der Waals surface area contributed by atoms with E-state index in [9.17, 15) is 19.5 Å². The van der Waals surface area contributed by atoms with Gasteiger partial charge in [-0.3, -0.25) is 4.79 Å². The molecule has 0 fully saturated rings. The maximum atomic E-state index is 12.7. The third kappa shape index (κ3) is 6.16. The maximum absolute atomic E-state index is 12.7. The van der Waals surface area contributed by atoms with E-state index >= 15 is 0 Å². The number of nitrogens with one attached hydrogen (secondary N) is 2. The van der Waals surface area contributed by atoms with Crippen LogP contribution >= 0.6 is 0 Å². The Hall–Kier alpha value is -4.17. The van der Waals surface area contributed by atoms with Crippen molar-refractivity contribution in [3.05, 3.63) is 95.6 Å². The molecule has 3 aromatic carbocycles. The number of benzene rings is 3. The third-order valence-corrected chi connectivity index (χ3v) is 6.46. The van der Waals surface area contributed by atoms with Crippen LogP contribution in [0.5, 0.6) is 0 Å². The summed E-state index contributed by atoms with van der Waals surface area (Å²) >= 11 is 0. The largest absolute Gasteiger partial charge is 0.480 e. The lowest BCUT2D eigenvalue weighted by molar-refractivity contribution is -0.146. The minimum absolute atomic E-state index is 0.107. The zero-order valence-corrected chi connectivity index (χ0v) is 20.7. The second-order valence-electron chi connectivity index (χ2n) is 9.02. The molecule has 3 atom stereocenters. The van der Waals surface area contributed by atoms with Gasteiger partial charge in [0, 0.05) is 5.92 Å². The highest BCUT2D eigenvalue weighted by Crippen LogP contribution is 2.44. The fourth-order valence-electron chi connectivity index (χ4n) is 4.44. The molecule has 1 aliphatic carbocycles. The second kappa shape index (κ2) is 11.7. The number of amides is 2. The van der Waals surface area contributed by atoms with Gasteiger partial charge in [-0.2, -0.15) is 0 Å². The van der Waals surface area contributed by atoms with Gasteiger partial charge in [-0.1, -0.05) is 78.9 Å². The summed E-state index contributed by atoms with van der Waals surface area (Å²) in [5.41, 5.74) is 5.27. The van der Waals surface area contributed by atoms with Gasteiger partial charge in [0.1, 0.15) is 12.6 Å². The second-order valence-corrected chi connectivity index (χ2v) is 9.02. The molecular formula is C29H30N2O6. The minimum atomic E-state index is -1.29. The van der Waals surface area contributed by atoms with Crippen LogP contribution < -0.4 is 10.6 Å². The lowest BCUT2D eigenvalue weighted by atomic mass is 9.98. The van der Waals surface area contributed by atoms with E-state index in [-0.39, 0.29) is 19.1 Å². The number of fused-ring (bicyclic) bond motifs is 3. The van der Waals surface area contributed by atoms with Crippen molar-refractivity contribution in [2.75, 3.05) is 6.61 Å². The van der Waals surface area contributed by atoms with Crippen molar-refractivity contribution in [3.8, 4) is 11.1 Å². The number of alkyl carbamates (subject to hydrolysis) is 1. The Bertz CT molecular complexity index is 1220. The first-order chi connectivity index (χ1) is 17.8. The summed E-state index contributed by atoms with van der Waals surface area (Å²) in [4.78, 5) is 36.9. The van der Waals surface area contributed by atoms with Gasteiger partial charge in [0.2, 0.25) is 5.91 Å². The highest BCUT2D eigenvalue weighted by Gasteiger charge is 2.31. The predicted molar refractivity (Wildman–Crippen MR) is 138 cm³/mol. The van der Waals surface area contributed by atoms with Crippen LogP contribution in [-0.2, 0) is 25.7 Å². The van der Waals surface area contributed by atoms with Crippen molar-refractivity contribution in [2.24, 2.45) is 0 Å². The molecule has 0 aliphatic heterocycles. The van der Waals surface area contributed by atoms with Gasteiger partial charge in [0.25, 0.3) is 0 Å². The lowest BCUT2D eigenvalue weighted by Gasteiger charge is -2.24. The molecule has 0 aromatic heterocycles. The molecule has 8 heteroatoms. The molecule has 1 aliphatic rings.